The van der Waals surface area contributed by atoms with Gasteiger partial charge in [0.25, 0.3) is 0 Å². The molecule has 0 saturated carbocycles. The summed E-state index contributed by atoms with van der Waals surface area (Å²) in [6.07, 6.45) is 40.6. The predicted octanol–water partition coefficient (Wildman–Crippen LogP) is 10.9. The molecule has 0 aromatic carbocycles. The molecule has 0 saturated heterocycles. The minimum Gasteiger partial charge on any atom is -0.394 e. The topological polar surface area (TPSA) is 89.8 Å². The highest BCUT2D eigenvalue weighted by molar-refractivity contribution is 5.76. The molecule has 0 aliphatic carbocycles. The third kappa shape index (κ3) is 32.8. The highest BCUT2D eigenvalue weighted by Crippen LogP contribution is 2.15. The van der Waals surface area contributed by atoms with Gasteiger partial charge in [0.05, 0.1) is 31.3 Å². The van der Waals surface area contributed by atoms with Crippen LogP contribution >= 0.6 is 0 Å². The SMILES string of the molecule is CCCCCCCCCCCCCCCCCCC/C=C/C(O)C(CO)NC(=O)CC(O)CCCCCCCCCCCCC. The zero-order chi connectivity index (χ0) is 33.1. The summed E-state index contributed by atoms with van der Waals surface area (Å²) in [6, 6.07) is -0.738. The van der Waals surface area contributed by atoms with Crippen LogP contribution in [-0.2, 0) is 4.79 Å². The Hall–Kier alpha value is -0.910. The van der Waals surface area contributed by atoms with E-state index in [-0.39, 0.29) is 18.9 Å². The van der Waals surface area contributed by atoms with Crippen LogP contribution in [0, 0.1) is 0 Å². The maximum atomic E-state index is 12.4. The highest BCUT2D eigenvalue weighted by Gasteiger charge is 2.20. The van der Waals surface area contributed by atoms with Gasteiger partial charge in [-0.15, -0.1) is 0 Å². The molecule has 0 spiro atoms. The average molecular weight is 638 g/mol. The molecular formula is C40H79NO4. The van der Waals surface area contributed by atoms with Crippen molar-refractivity contribution in [1.82, 2.24) is 5.32 Å². The van der Waals surface area contributed by atoms with Gasteiger partial charge in [0, 0.05) is 0 Å². The summed E-state index contributed by atoms with van der Waals surface area (Å²) in [5.41, 5.74) is 0. The van der Waals surface area contributed by atoms with Crippen molar-refractivity contribution in [3.8, 4) is 0 Å². The van der Waals surface area contributed by atoms with E-state index < -0.39 is 18.2 Å². The van der Waals surface area contributed by atoms with Gasteiger partial charge in [0.1, 0.15) is 0 Å². The van der Waals surface area contributed by atoms with Crippen molar-refractivity contribution >= 4 is 5.91 Å². The number of aliphatic hydroxyl groups is 3. The lowest BCUT2D eigenvalue weighted by molar-refractivity contribution is -0.124. The molecule has 0 bridgehead atoms. The molecule has 0 heterocycles. The van der Waals surface area contributed by atoms with E-state index in [2.05, 4.69) is 19.2 Å². The normalized spacial score (nSPS) is 13.8. The number of hydrogen-bond donors (Lipinski definition) is 4. The van der Waals surface area contributed by atoms with E-state index in [9.17, 15) is 20.1 Å². The number of hydrogen-bond acceptors (Lipinski definition) is 4. The van der Waals surface area contributed by atoms with Gasteiger partial charge in [-0.05, 0) is 19.3 Å². The maximum Gasteiger partial charge on any atom is 0.222 e. The zero-order valence-electron chi connectivity index (χ0n) is 30.3. The summed E-state index contributed by atoms with van der Waals surface area (Å²) in [5.74, 6) is -0.315. The van der Waals surface area contributed by atoms with Gasteiger partial charge in [-0.1, -0.05) is 199 Å². The van der Waals surface area contributed by atoms with Gasteiger partial charge >= 0.3 is 0 Å². The molecule has 0 aromatic heterocycles. The molecule has 0 aliphatic heterocycles. The van der Waals surface area contributed by atoms with Crippen LogP contribution in [0.25, 0.3) is 0 Å². The van der Waals surface area contributed by atoms with E-state index in [1.54, 1.807) is 6.08 Å². The molecule has 3 atom stereocenters. The van der Waals surface area contributed by atoms with Crippen LogP contribution in [0.15, 0.2) is 12.2 Å². The van der Waals surface area contributed by atoms with E-state index >= 15 is 0 Å². The number of nitrogens with one attached hydrogen (secondary N) is 1. The van der Waals surface area contributed by atoms with Crippen LogP contribution in [-0.4, -0.2) is 46.1 Å². The quantitative estimate of drug-likeness (QED) is 0.0406. The van der Waals surface area contributed by atoms with Gasteiger partial charge in [-0.25, -0.2) is 0 Å². The molecule has 4 N–H and O–H groups in total. The fourth-order valence-electron chi connectivity index (χ4n) is 6.22. The fourth-order valence-corrected chi connectivity index (χ4v) is 6.22. The zero-order valence-corrected chi connectivity index (χ0v) is 30.3. The Morgan fingerprint density at radius 1 is 0.556 bits per heavy atom. The monoisotopic (exact) mass is 638 g/mol. The third-order valence-electron chi connectivity index (χ3n) is 9.32. The predicted molar refractivity (Wildman–Crippen MR) is 195 cm³/mol. The molecule has 0 rings (SSSR count). The molecule has 5 nitrogen and oxygen atoms in total. The van der Waals surface area contributed by atoms with Gasteiger partial charge in [-0.2, -0.15) is 0 Å². The van der Waals surface area contributed by atoms with Gasteiger partial charge in [0.15, 0.2) is 0 Å². The molecule has 45 heavy (non-hydrogen) atoms. The molecule has 268 valence electrons. The first kappa shape index (κ1) is 44.1. The first-order valence-corrected chi connectivity index (χ1v) is 20.0. The molecule has 0 fully saturated rings. The van der Waals surface area contributed by atoms with Crippen LogP contribution in [0.2, 0.25) is 0 Å². The first-order chi connectivity index (χ1) is 22.0. The standard InChI is InChI=1S/C40H79NO4/c1-3-5-7-9-11-13-15-16-17-18-19-20-21-22-24-26-28-30-32-34-39(44)38(36-42)41-40(45)35-37(43)33-31-29-27-25-23-14-12-10-8-6-4-2/h32,34,37-39,42-44H,3-31,33,35-36H2,1-2H3,(H,41,45)/b34-32+. The Labute approximate surface area is 280 Å². The third-order valence-corrected chi connectivity index (χ3v) is 9.32. The molecule has 1 amide bonds. The maximum absolute atomic E-state index is 12.4. The van der Waals surface area contributed by atoms with Crippen LogP contribution in [0.3, 0.4) is 0 Å². The van der Waals surface area contributed by atoms with Crippen molar-refractivity contribution < 1.29 is 20.1 Å². The Morgan fingerprint density at radius 3 is 1.29 bits per heavy atom. The van der Waals surface area contributed by atoms with E-state index in [4.69, 9.17) is 0 Å². The number of amides is 1. The molecule has 3 unspecified atom stereocenters. The van der Waals surface area contributed by atoms with Crippen LogP contribution in [0.5, 0.6) is 0 Å². The van der Waals surface area contributed by atoms with Crippen LogP contribution in [0.4, 0.5) is 0 Å². The van der Waals surface area contributed by atoms with Crippen molar-refractivity contribution in [2.75, 3.05) is 6.61 Å². The summed E-state index contributed by atoms with van der Waals surface area (Å²) in [7, 11) is 0. The smallest absolute Gasteiger partial charge is 0.222 e. The van der Waals surface area contributed by atoms with Gasteiger partial charge in [0.2, 0.25) is 5.91 Å². The minimum absolute atomic E-state index is 0.0178. The summed E-state index contributed by atoms with van der Waals surface area (Å²) in [4.78, 5) is 12.4. The Kier molecular flexibility index (Phi) is 35.2. The second-order valence-corrected chi connectivity index (χ2v) is 13.9. The highest BCUT2D eigenvalue weighted by atomic mass is 16.3. The number of rotatable bonds is 36. The molecule has 5 heteroatoms. The molecule has 0 radical (unpaired) electrons. The second-order valence-electron chi connectivity index (χ2n) is 13.9. The van der Waals surface area contributed by atoms with Crippen molar-refractivity contribution in [3.05, 3.63) is 12.2 Å². The number of unbranched alkanes of at least 4 members (excludes halogenated alkanes) is 27. The lowest BCUT2D eigenvalue weighted by atomic mass is 10.0. The number of carbonyl (C=O) groups excluding carboxylic acids is 1. The van der Waals surface area contributed by atoms with Crippen LogP contribution in [0.1, 0.15) is 213 Å². The van der Waals surface area contributed by atoms with E-state index in [0.717, 1.165) is 25.7 Å². The first-order valence-electron chi connectivity index (χ1n) is 20.0. The van der Waals surface area contributed by atoms with E-state index in [1.165, 1.54) is 161 Å². The van der Waals surface area contributed by atoms with Gasteiger partial charge in [-0.3, -0.25) is 4.79 Å². The lowest BCUT2D eigenvalue weighted by Gasteiger charge is -2.21. The fraction of sp³-hybridized carbons (Fsp3) is 0.925. The Morgan fingerprint density at radius 2 is 0.911 bits per heavy atom. The molecule has 0 aromatic rings. The minimum atomic E-state index is -0.923. The summed E-state index contributed by atoms with van der Waals surface area (Å²) < 4.78 is 0. The summed E-state index contributed by atoms with van der Waals surface area (Å²) in [5, 5.41) is 33.1. The van der Waals surface area contributed by atoms with Crippen molar-refractivity contribution in [3.63, 3.8) is 0 Å². The summed E-state index contributed by atoms with van der Waals surface area (Å²) in [6.45, 7) is 4.20. The molecule has 0 aliphatic rings. The lowest BCUT2D eigenvalue weighted by Crippen LogP contribution is -2.45. The number of allylic oxidation sites excluding steroid dienone is 1. The van der Waals surface area contributed by atoms with Crippen molar-refractivity contribution in [2.45, 2.75) is 231 Å². The van der Waals surface area contributed by atoms with E-state index in [0.29, 0.717) is 6.42 Å². The van der Waals surface area contributed by atoms with Crippen molar-refractivity contribution in [1.29, 1.82) is 0 Å². The van der Waals surface area contributed by atoms with E-state index in [1.807, 2.05) is 6.08 Å². The Balaban J connectivity index is 3.67. The molecular weight excluding hydrogens is 558 g/mol. The second kappa shape index (κ2) is 35.9. The summed E-state index contributed by atoms with van der Waals surface area (Å²) >= 11 is 0. The largest absolute Gasteiger partial charge is 0.394 e. The average Bonchev–Trinajstić information content (AvgIpc) is 3.03. The van der Waals surface area contributed by atoms with Gasteiger partial charge < -0.3 is 20.6 Å². The number of aliphatic hydroxyl groups excluding tert-OH is 3. The van der Waals surface area contributed by atoms with Crippen LogP contribution < -0.4 is 5.32 Å². The Bertz CT molecular complexity index is 625. The van der Waals surface area contributed by atoms with Crippen molar-refractivity contribution in [2.24, 2.45) is 0 Å². The number of carbonyl (C=O) groups is 1.